The summed E-state index contributed by atoms with van der Waals surface area (Å²) in [5.74, 6) is -0.500. The molecule has 1 aliphatic rings. The number of carbonyl (C=O) groups is 1. The maximum Gasteiger partial charge on any atom is 0.261 e. The number of sulfonamides is 2. The molecule has 0 atom stereocenters. The Kier molecular flexibility index (Phi) is 7.46. The number of nitrogens with zero attached hydrogens (tertiary/aromatic N) is 1. The Morgan fingerprint density at radius 3 is 2.14 bits per heavy atom. The van der Waals surface area contributed by atoms with Gasteiger partial charge in [-0.3, -0.25) is 9.52 Å². The molecule has 184 valence electrons. The summed E-state index contributed by atoms with van der Waals surface area (Å²) >= 11 is 5.90. The van der Waals surface area contributed by atoms with Crippen LogP contribution < -0.4 is 10.0 Å². The van der Waals surface area contributed by atoms with Crippen molar-refractivity contribution in [2.24, 2.45) is 0 Å². The molecule has 1 amide bonds. The second-order valence-electron chi connectivity index (χ2n) is 8.15. The lowest BCUT2D eigenvalue weighted by molar-refractivity contribution is 0.102. The Morgan fingerprint density at radius 1 is 0.857 bits per heavy atom. The third kappa shape index (κ3) is 6.40. The van der Waals surface area contributed by atoms with Crippen LogP contribution in [0.4, 0.5) is 11.4 Å². The van der Waals surface area contributed by atoms with Gasteiger partial charge in [-0.1, -0.05) is 29.8 Å². The number of nitrogens with one attached hydrogen (secondary N) is 2. The van der Waals surface area contributed by atoms with Crippen molar-refractivity contribution < 1.29 is 21.6 Å². The van der Waals surface area contributed by atoms with E-state index in [1.807, 2.05) is 0 Å². The van der Waals surface area contributed by atoms with Crippen molar-refractivity contribution in [2.75, 3.05) is 23.1 Å². The molecule has 0 unspecified atom stereocenters. The van der Waals surface area contributed by atoms with Crippen LogP contribution in [0.2, 0.25) is 5.02 Å². The van der Waals surface area contributed by atoms with Crippen molar-refractivity contribution in [1.82, 2.24) is 4.31 Å². The lowest BCUT2D eigenvalue weighted by Gasteiger charge is -2.15. The van der Waals surface area contributed by atoms with Crippen LogP contribution in [-0.4, -0.2) is 40.1 Å². The molecule has 8 nitrogen and oxygen atoms in total. The zero-order chi connectivity index (χ0) is 25.1. The van der Waals surface area contributed by atoms with Gasteiger partial charge in [0.2, 0.25) is 10.0 Å². The maximum atomic E-state index is 12.6. The molecule has 35 heavy (non-hydrogen) atoms. The fourth-order valence-corrected chi connectivity index (χ4v) is 6.56. The van der Waals surface area contributed by atoms with Gasteiger partial charge >= 0.3 is 0 Å². The number of carbonyl (C=O) groups excluding carboxylic acids is 1. The first-order chi connectivity index (χ1) is 16.6. The number of halogens is 1. The van der Waals surface area contributed by atoms with Crippen molar-refractivity contribution in [1.29, 1.82) is 0 Å². The number of anilines is 2. The molecule has 2 N–H and O–H groups in total. The van der Waals surface area contributed by atoms with E-state index < -0.39 is 26.0 Å². The van der Waals surface area contributed by atoms with Crippen molar-refractivity contribution in [3.05, 3.63) is 88.9 Å². The normalized spacial score (nSPS) is 14.5. The fourth-order valence-electron chi connectivity index (χ4n) is 3.71. The molecule has 1 heterocycles. The highest BCUT2D eigenvalue weighted by Gasteiger charge is 2.25. The molecule has 3 aromatic rings. The molecule has 0 spiro atoms. The molecule has 0 radical (unpaired) electrons. The zero-order valence-electron chi connectivity index (χ0n) is 18.6. The molecular formula is C24H24ClN3O5S2. The third-order valence-electron chi connectivity index (χ3n) is 5.52. The predicted octanol–water partition coefficient (Wildman–Crippen LogP) is 4.32. The summed E-state index contributed by atoms with van der Waals surface area (Å²) in [6.07, 6.45) is 1.76. The third-order valence-corrected chi connectivity index (χ3v) is 9.01. The lowest BCUT2D eigenvalue weighted by Crippen LogP contribution is -2.29. The first kappa shape index (κ1) is 25.2. The summed E-state index contributed by atoms with van der Waals surface area (Å²) in [5, 5.41) is 3.12. The van der Waals surface area contributed by atoms with Gasteiger partial charge < -0.3 is 5.32 Å². The zero-order valence-corrected chi connectivity index (χ0v) is 21.0. The molecule has 1 fully saturated rings. The van der Waals surface area contributed by atoms with E-state index in [1.54, 1.807) is 42.5 Å². The van der Waals surface area contributed by atoms with E-state index in [1.165, 1.54) is 34.6 Å². The van der Waals surface area contributed by atoms with E-state index >= 15 is 0 Å². The van der Waals surface area contributed by atoms with Crippen molar-refractivity contribution in [3.63, 3.8) is 0 Å². The Hall–Kier alpha value is -2.92. The summed E-state index contributed by atoms with van der Waals surface area (Å²) in [4.78, 5) is 12.6. The van der Waals surface area contributed by atoms with Crippen LogP contribution in [0, 0.1) is 0 Å². The molecule has 4 rings (SSSR count). The monoisotopic (exact) mass is 533 g/mol. The largest absolute Gasteiger partial charge is 0.322 e. The molecule has 0 bridgehead atoms. The molecule has 1 aliphatic heterocycles. The number of hydrogen-bond acceptors (Lipinski definition) is 5. The summed E-state index contributed by atoms with van der Waals surface area (Å²) in [6.45, 7) is 1.11. The van der Waals surface area contributed by atoms with Crippen LogP contribution in [0.1, 0.15) is 28.8 Å². The van der Waals surface area contributed by atoms with Crippen LogP contribution in [0.3, 0.4) is 0 Å². The van der Waals surface area contributed by atoms with Gasteiger partial charge in [0, 0.05) is 29.4 Å². The summed E-state index contributed by atoms with van der Waals surface area (Å²) in [6, 6.07) is 18.5. The Labute approximate surface area is 210 Å². The minimum Gasteiger partial charge on any atom is -0.322 e. The fraction of sp³-hybridized carbons (Fsp3) is 0.208. The Bertz CT molecular complexity index is 1420. The van der Waals surface area contributed by atoms with Crippen LogP contribution in [0.25, 0.3) is 0 Å². The minimum absolute atomic E-state index is 0.0269. The topological polar surface area (TPSA) is 113 Å². The van der Waals surface area contributed by atoms with E-state index in [4.69, 9.17) is 11.6 Å². The highest BCUT2D eigenvalue weighted by molar-refractivity contribution is 7.92. The molecule has 0 aliphatic carbocycles. The van der Waals surface area contributed by atoms with Gasteiger partial charge in [0.1, 0.15) is 0 Å². The maximum absolute atomic E-state index is 12.6. The van der Waals surface area contributed by atoms with E-state index in [0.29, 0.717) is 40.6 Å². The van der Waals surface area contributed by atoms with Gasteiger partial charge in [-0.05, 0) is 73.0 Å². The number of amides is 1. The van der Waals surface area contributed by atoms with E-state index in [0.717, 1.165) is 12.8 Å². The van der Waals surface area contributed by atoms with Crippen LogP contribution in [-0.2, 0) is 25.8 Å². The molecule has 1 saturated heterocycles. The number of rotatable bonds is 8. The lowest BCUT2D eigenvalue weighted by atomic mass is 10.1. The molecule has 0 aromatic heterocycles. The van der Waals surface area contributed by atoms with E-state index in [9.17, 15) is 21.6 Å². The van der Waals surface area contributed by atoms with E-state index in [-0.39, 0.29) is 10.6 Å². The van der Waals surface area contributed by atoms with Crippen LogP contribution in [0.15, 0.2) is 77.7 Å². The first-order valence-corrected chi connectivity index (χ1v) is 14.4. The standard InChI is InChI=1S/C24H24ClN3O5S2/c25-20-4-3-5-22(16-20)27-35(32,33)23-12-10-21(11-13-23)26-24(29)19-8-6-18(7-9-19)17-34(30,31)28-14-1-2-15-28/h3-13,16,27H,1-2,14-15,17H2,(H,26,29). The second-order valence-corrected chi connectivity index (χ2v) is 12.2. The molecule has 11 heteroatoms. The quantitative estimate of drug-likeness (QED) is 0.448. The van der Waals surface area contributed by atoms with Gasteiger partial charge in [-0.15, -0.1) is 0 Å². The van der Waals surface area contributed by atoms with Crippen LogP contribution >= 0.6 is 11.6 Å². The summed E-state index contributed by atoms with van der Waals surface area (Å²) in [7, 11) is -7.19. The van der Waals surface area contributed by atoms with Gasteiger partial charge in [-0.25, -0.2) is 21.1 Å². The van der Waals surface area contributed by atoms with Crippen molar-refractivity contribution in [2.45, 2.75) is 23.5 Å². The first-order valence-electron chi connectivity index (χ1n) is 10.9. The predicted molar refractivity (Wildman–Crippen MR) is 137 cm³/mol. The van der Waals surface area contributed by atoms with E-state index in [2.05, 4.69) is 10.0 Å². The Morgan fingerprint density at radius 2 is 1.51 bits per heavy atom. The van der Waals surface area contributed by atoms with Gasteiger partial charge in [0.15, 0.2) is 0 Å². The van der Waals surface area contributed by atoms with Crippen molar-refractivity contribution in [3.8, 4) is 0 Å². The number of hydrogen-bond donors (Lipinski definition) is 2. The van der Waals surface area contributed by atoms with Crippen molar-refractivity contribution >= 4 is 48.9 Å². The molecule has 3 aromatic carbocycles. The highest BCUT2D eigenvalue weighted by atomic mass is 35.5. The second kappa shape index (κ2) is 10.4. The molecular weight excluding hydrogens is 510 g/mol. The van der Waals surface area contributed by atoms with Gasteiger partial charge in [0.25, 0.3) is 15.9 Å². The summed E-state index contributed by atoms with van der Waals surface area (Å²) < 4.78 is 54.1. The average molecular weight is 534 g/mol. The van der Waals surface area contributed by atoms with Crippen LogP contribution in [0.5, 0.6) is 0 Å². The average Bonchev–Trinajstić information content (AvgIpc) is 3.36. The Balaban J connectivity index is 1.38. The minimum atomic E-state index is -3.83. The summed E-state index contributed by atoms with van der Waals surface area (Å²) in [5.41, 5.74) is 1.71. The van der Waals surface area contributed by atoms with Gasteiger partial charge in [0.05, 0.1) is 16.3 Å². The van der Waals surface area contributed by atoms with Gasteiger partial charge in [-0.2, -0.15) is 0 Å². The SMILES string of the molecule is O=C(Nc1ccc(S(=O)(=O)Nc2cccc(Cl)c2)cc1)c1ccc(CS(=O)(=O)N2CCCC2)cc1. The molecule has 0 saturated carbocycles. The number of benzene rings is 3. The highest BCUT2D eigenvalue weighted by Crippen LogP contribution is 2.22. The smallest absolute Gasteiger partial charge is 0.261 e.